The van der Waals surface area contributed by atoms with Crippen molar-refractivity contribution in [1.82, 2.24) is 0 Å². The summed E-state index contributed by atoms with van der Waals surface area (Å²) in [5.41, 5.74) is 0. The molecule has 8 atom stereocenters. The Labute approximate surface area is 331 Å². The predicted molar refractivity (Wildman–Crippen MR) is 217 cm³/mol. The van der Waals surface area contributed by atoms with Crippen molar-refractivity contribution >= 4 is 11.9 Å². The van der Waals surface area contributed by atoms with Crippen LogP contribution in [-0.4, -0.2) is 81.9 Å². The Morgan fingerprint density at radius 1 is 0.673 bits per heavy atom. The molecule has 1 saturated heterocycles. The molecule has 0 aromatic carbocycles. The zero-order chi connectivity index (χ0) is 40.5. The third-order valence-electron chi connectivity index (χ3n) is 9.50. The molecule has 55 heavy (non-hydrogen) atoms. The van der Waals surface area contributed by atoms with Gasteiger partial charge in [-0.15, -0.1) is 0 Å². The molecule has 1 aliphatic heterocycles. The largest absolute Gasteiger partial charge is 0.550 e. The average Bonchev–Trinajstić information content (AvgIpc) is 3.16. The van der Waals surface area contributed by atoms with E-state index in [2.05, 4.69) is 86.8 Å². The molecule has 0 saturated carbocycles. The van der Waals surface area contributed by atoms with Crippen molar-refractivity contribution in [3.8, 4) is 0 Å². The quantitative estimate of drug-likeness (QED) is 0.0311. The highest BCUT2D eigenvalue weighted by Crippen LogP contribution is 2.29. The van der Waals surface area contributed by atoms with E-state index in [1.807, 2.05) is 0 Å². The van der Waals surface area contributed by atoms with Crippen LogP contribution in [0.5, 0.6) is 0 Å². The lowest BCUT2D eigenvalue weighted by atomic mass is 9.91. The van der Waals surface area contributed by atoms with Crippen molar-refractivity contribution in [1.29, 1.82) is 0 Å². The number of carboxylic acid groups (broad SMARTS) is 1. The lowest BCUT2D eigenvalue weighted by Gasteiger charge is -2.42. The van der Waals surface area contributed by atoms with E-state index in [4.69, 9.17) is 14.2 Å². The third-order valence-corrected chi connectivity index (χ3v) is 9.50. The summed E-state index contributed by atoms with van der Waals surface area (Å²) in [5, 5.41) is 53.2. The lowest BCUT2D eigenvalue weighted by Crippen LogP contribution is -2.60. The van der Waals surface area contributed by atoms with Crippen LogP contribution in [0.25, 0.3) is 0 Å². The fourth-order valence-corrected chi connectivity index (χ4v) is 6.30. The minimum Gasteiger partial charge on any atom is -0.550 e. The van der Waals surface area contributed by atoms with Gasteiger partial charge in [0, 0.05) is 18.3 Å². The average molecular weight is 774 g/mol. The zero-order valence-electron chi connectivity index (χ0n) is 33.9. The first-order valence-corrected chi connectivity index (χ1v) is 20.9. The highest BCUT2D eigenvalue weighted by atomic mass is 16.7. The molecule has 3 unspecified atom stereocenters. The van der Waals surface area contributed by atoms with Crippen LogP contribution < -0.4 is 5.11 Å². The van der Waals surface area contributed by atoms with Crippen molar-refractivity contribution in [2.24, 2.45) is 5.92 Å². The minimum atomic E-state index is -1.68. The fraction of sp³-hybridized carbons (Fsp3) is 0.689. The maximum absolute atomic E-state index is 12.6. The molecule has 1 fully saturated rings. The highest BCUT2D eigenvalue weighted by molar-refractivity contribution is 5.70. The zero-order valence-corrected chi connectivity index (χ0v) is 33.9. The number of allylic oxidation sites excluding steroid dienone is 12. The molecule has 0 spiro atoms. The van der Waals surface area contributed by atoms with Crippen LogP contribution in [0, 0.1) is 5.92 Å². The van der Waals surface area contributed by atoms with Crippen molar-refractivity contribution in [2.45, 2.75) is 186 Å². The molecule has 1 rings (SSSR count). The Morgan fingerprint density at radius 2 is 1.16 bits per heavy atom. The SMILES string of the molecule is CC/C=C\C/C=C\C/C=C\CCCCCCCC(=O)OC(C)CC(C(=O)[O-])C(CCCCC/C=C\C/C=C\C/C=C\CC)O[C@@H]1O[C@H](CO)[C@H](O)[C@H](O)[C@H]1O. The summed E-state index contributed by atoms with van der Waals surface area (Å²) >= 11 is 0. The van der Waals surface area contributed by atoms with Crippen LogP contribution >= 0.6 is 0 Å². The van der Waals surface area contributed by atoms with Gasteiger partial charge in [-0.1, -0.05) is 119 Å². The van der Waals surface area contributed by atoms with Gasteiger partial charge in [0.25, 0.3) is 0 Å². The van der Waals surface area contributed by atoms with Crippen LogP contribution in [0.3, 0.4) is 0 Å². The van der Waals surface area contributed by atoms with E-state index in [-0.39, 0.29) is 19.3 Å². The maximum atomic E-state index is 12.6. The second-order valence-corrected chi connectivity index (χ2v) is 14.4. The number of unbranched alkanes of at least 4 members (excludes halogenated alkanes) is 8. The number of ether oxygens (including phenoxy) is 3. The molecule has 0 bridgehead atoms. The van der Waals surface area contributed by atoms with Gasteiger partial charge in [0.05, 0.1) is 18.8 Å². The Kier molecular flexibility index (Phi) is 30.4. The van der Waals surface area contributed by atoms with E-state index in [0.717, 1.165) is 89.9 Å². The number of carbonyl (C=O) groups is 2. The number of carbonyl (C=O) groups excluding carboxylic acids is 2. The summed E-state index contributed by atoms with van der Waals surface area (Å²) in [7, 11) is 0. The summed E-state index contributed by atoms with van der Waals surface area (Å²) in [4.78, 5) is 25.1. The Hall–Kier alpha value is -2.86. The number of aliphatic hydroxyl groups is 4. The molecule has 0 aromatic rings. The number of hydrogen-bond acceptors (Lipinski definition) is 10. The maximum Gasteiger partial charge on any atom is 0.306 e. The van der Waals surface area contributed by atoms with Gasteiger partial charge in [-0.2, -0.15) is 0 Å². The summed E-state index contributed by atoms with van der Waals surface area (Å²) in [5.74, 6) is -3.01. The number of carboxylic acids is 1. The first-order chi connectivity index (χ1) is 26.7. The van der Waals surface area contributed by atoms with E-state index >= 15 is 0 Å². The predicted octanol–water partition coefficient (Wildman–Crippen LogP) is 7.26. The molecule has 1 heterocycles. The Bertz CT molecular complexity index is 1160. The van der Waals surface area contributed by atoms with Crippen LogP contribution in [0.2, 0.25) is 0 Å². The van der Waals surface area contributed by atoms with E-state index in [1.54, 1.807) is 6.92 Å². The van der Waals surface area contributed by atoms with Crippen LogP contribution in [0.4, 0.5) is 0 Å². The molecule has 10 heteroatoms. The number of rotatable bonds is 32. The Balaban J connectivity index is 2.61. The van der Waals surface area contributed by atoms with Gasteiger partial charge in [-0.25, -0.2) is 0 Å². The van der Waals surface area contributed by atoms with Crippen molar-refractivity contribution in [2.75, 3.05) is 6.61 Å². The molecule has 10 nitrogen and oxygen atoms in total. The molecule has 1 aliphatic rings. The monoisotopic (exact) mass is 774 g/mol. The number of esters is 1. The van der Waals surface area contributed by atoms with E-state index < -0.39 is 67.4 Å². The molecular weight excluding hydrogens is 700 g/mol. The molecular formula is C45H73O10-. The summed E-state index contributed by atoms with van der Waals surface area (Å²) in [6, 6.07) is 0. The number of aliphatic carboxylic acids is 1. The van der Waals surface area contributed by atoms with Crippen molar-refractivity contribution in [3.05, 3.63) is 72.9 Å². The highest BCUT2D eigenvalue weighted by Gasteiger charge is 2.45. The van der Waals surface area contributed by atoms with Crippen LogP contribution in [0.1, 0.15) is 143 Å². The minimum absolute atomic E-state index is 0.0835. The summed E-state index contributed by atoms with van der Waals surface area (Å²) in [6.07, 6.45) is 31.8. The molecule has 314 valence electrons. The summed E-state index contributed by atoms with van der Waals surface area (Å²) in [6.45, 7) is 5.23. The molecule has 4 N–H and O–H groups in total. The van der Waals surface area contributed by atoms with Gasteiger partial charge in [-0.05, 0) is 90.4 Å². The third kappa shape index (κ3) is 24.4. The van der Waals surface area contributed by atoms with Crippen LogP contribution in [0.15, 0.2) is 72.9 Å². The second kappa shape index (κ2) is 33.3. The van der Waals surface area contributed by atoms with E-state index in [0.29, 0.717) is 12.8 Å². The standard InChI is InChI=1S/C45H74O10/c1-4-6-8-10-12-14-16-18-19-21-23-25-27-29-31-33-40(47)53-36(3)34-37(44(51)52)38(54-45-43(50)42(49)41(48)39(35-46)55-45)32-30-28-26-24-22-20-17-15-13-11-9-7-5-2/h6-9,12-15,18-20,22,36-39,41-43,45-46,48-50H,4-5,10-11,16-17,21,23-35H2,1-3H3,(H,51,52)/p-1/b8-6-,9-7-,14-12-,15-13-,19-18-,22-20-/t36?,37?,38?,39-,41+,42+,43-,45-/m1/s1. The van der Waals surface area contributed by atoms with E-state index in [1.165, 1.54) is 0 Å². The van der Waals surface area contributed by atoms with Gasteiger partial charge < -0.3 is 44.5 Å². The molecule has 0 aliphatic carbocycles. The van der Waals surface area contributed by atoms with Crippen molar-refractivity contribution < 1.29 is 49.3 Å². The van der Waals surface area contributed by atoms with Gasteiger partial charge in [0.1, 0.15) is 24.4 Å². The smallest absolute Gasteiger partial charge is 0.306 e. The first kappa shape index (κ1) is 50.2. The van der Waals surface area contributed by atoms with Gasteiger partial charge in [0.15, 0.2) is 6.29 Å². The van der Waals surface area contributed by atoms with Gasteiger partial charge >= 0.3 is 5.97 Å². The molecule has 0 radical (unpaired) electrons. The first-order valence-electron chi connectivity index (χ1n) is 20.9. The van der Waals surface area contributed by atoms with Crippen molar-refractivity contribution in [3.63, 3.8) is 0 Å². The topological polar surface area (TPSA) is 166 Å². The Morgan fingerprint density at radius 3 is 1.69 bits per heavy atom. The molecule has 0 aromatic heterocycles. The lowest BCUT2D eigenvalue weighted by molar-refractivity contribution is -0.332. The van der Waals surface area contributed by atoms with E-state index in [9.17, 15) is 35.1 Å². The number of hydrogen-bond donors (Lipinski definition) is 4. The molecule has 0 amide bonds. The number of aliphatic hydroxyl groups excluding tert-OH is 4. The normalized spacial score (nSPS) is 22.6. The fourth-order valence-electron chi connectivity index (χ4n) is 6.30. The van der Waals surface area contributed by atoms with Gasteiger partial charge in [-0.3, -0.25) is 4.79 Å². The van der Waals surface area contributed by atoms with Gasteiger partial charge in [0.2, 0.25) is 0 Å². The summed E-state index contributed by atoms with van der Waals surface area (Å²) < 4.78 is 17.1. The van der Waals surface area contributed by atoms with Crippen LogP contribution in [-0.2, 0) is 23.8 Å². The second-order valence-electron chi connectivity index (χ2n) is 14.4.